The molecule has 28 heavy (non-hydrogen) atoms. The van der Waals surface area contributed by atoms with Crippen molar-refractivity contribution < 1.29 is 28.6 Å². The van der Waals surface area contributed by atoms with Gasteiger partial charge in [0.1, 0.15) is 11.2 Å². The first-order valence-electron chi connectivity index (χ1n) is 9.20. The zero-order chi connectivity index (χ0) is 20.5. The predicted molar refractivity (Wildman–Crippen MR) is 102 cm³/mol. The molecule has 0 bridgehead atoms. The Morgan fingerprint density at radius 1 is 1.18 bits per heavy atom. The maximum Gasteiger partial charge on any atom is 0.421 e. The van der Waals surface area contributed by atoms with E-state index in [2.05, 4.69) is 5.32 Å². The second kappa shape index (κ2) is 7.63. The molecule has 1 fully saturated rings. The van der Waals surface area contributed by atoms with Crippen LogP contribution >= 0.6 is 0 Å². The predicted octanol–water partition coefficient (Wildman–Crippen LogP) is 3.40. The fourth-order valence-corrected chi connectivity index (χ4v) is 3.16. The van der Waals surface area contributed by atoms with Crippen molar-refractivity contribution in [2.24, 2.45) is 5.92 Å². The molecule has 8 heteroatoms. The Balaban J connectivity index is 1.99. The molecule has 0 unspecified atom stereocenters. The number of aromatic carboxylic acids is 1. The highest BCUT2D eigenvalue weighted by molar-refractivity contribution is 6.14. The standard InChI is InChI=1S/C20H24N2O6/c1-20(2,3)28-19(26)22(17(23)12-6-8-21-9-7-12)14-4-5-15-13(10-14)11-16(27-15)18(24)25/h4-5,10-12,21H,6-9H2,1-3H3,(H,24,25). The molecule has 1 aliphatic heterocycles. The summed E-state index contributed by atoms with van der Waals surface area (Å²) < 4.78 is 10.7. The van der Waals surface area contributed by atoms with Gasteiger partial charge in [-0.3, -0.25) is 4.79 Å². The van der Waals surface area contributed by atoms with E-state index in [0.717, 1.165) is 4.90 Å². The first kappa shape index (κ1) is 19.9. The first-order chi connectivity index (χ1) is 13.2. The Hall–Kier alpha value is -2.87. The van der Waals surface area contributed by atoms with Crippen molar-refractivity contribution in [3.63, 3.8) is 0 Å². The number of furan rings is 1. The molecule has 1 aromatic heterocycles. The highest BCUT2D eigenvalue weighted by Gasteiger charge is 2.34. The fourth-order valence-electron chi connectivity index (χ4n) is 3.16. The maximum absolute atomic E-state index is 13.2. The van der Waals surface area contributed by atoms with Crippen LogP contribution in [-0.4, -0.2) is 41.8 Å². The van der Waals surface area contributed by atoms with Crippen molar-refractivity contribution in [3.8, 4) is 0 Å². The molecule has 0 radical (unpaired) electrons. The average molecular weight is 388 g/mol. The second-order valence-corrected chi connectivity index (χ2v) is 7.82. The van der Waals surface area contributed by atoms with E-state index in [1.807, 2.05) is 0 Å². The number of fused-ring (bicyclic) bond motifs is 1. The van der Waals surface area contributed by atoms with Crippen LogP contribution in [0.25, 0.3) is 11.0 Å². The first-order valence-corrected chi connectivity index (χ1v) is 9.20. The van der Waals surface area contributed by atoms with Gasteiger partial charge in [-0.05, 0) is 71.0 Å². The van der Waals surface area contributed by atoms with Crippen molar-refractivity contribution >= 4 is 34.6 Å². The summed E-state index contributed by atoms with van der Waals surface area (Å²) in [6.07, 6.45) is 0.516. The highest BCUT2D eigenvalue weighted by atomic mass is 16.6. The van der Waals surface area contributed by atoms with Crippen molar-refractivity contribution in [1.82, 2.24) is 5.32 Å². The molecule has 0 atom stereocenters. The fraction of sp³-hybridized carbons (Fsp3) is 0.450. The zero-order valence-corrected chi connectivity index (χ0v) is 16.2. The average Bonchev–Trinajstić information content (AvgIpc) is 3.05. The number of rotatable bonds is 3. The van der Waals surface area contributed by atoms with Gasteiger partial charge < -0.3 is 19.6 Å². The Kier molecular flexibility index (Phi) is 5.42. The molecule has 2 aromatic rings. The van der Waals surface area contributed by atoms with Crippen LogP contribution in [0.1, 0.15) is 44.2 Å². The number of amides is 2. The van der Waals surface area contributed by atoms with Crippen molar-refractivity contribution in [2.75, 3.05) is 18.0 Å². The SMILES string of the molecule is CC(C)(C)OC(=O)N(C(=O)C1CCNCC1)c1ccc2oc(C(=O)O)cc2c1. The summed E-state index contributed by atoms with van der Waals surface area (Å²) in [6.45, 7) is 6.62. The zero-order valence-electron chi connectivity index (χ0n) is 16.2. The third kappa shape index (κ3) is 4.33. The van der Waals surface area contributed by atoms with Crippen LogP contribution in [0.3, 0.4) is 0 Å². The molecule has 1 aliphatic rings. The number of carbonyl (C=O) groups is 3. The lowest BCUT2D eigenvalue weighted by Crippen LogP contribution is -2.46. The molecular formula is C20H24N2O6. The Morgan fingerprint density at radius 2 is 1.86 bits per heavy atom. The lowest BCUT2D eigenvalue weighted by molar-refractivity contribution is -0.122. The number of hydrogen-bond donors (Lipinski definition) is 2. The normalized spacial score (nSPS) is 15.4. The lowest BCUT2D eigenvalue weighted by atomic mass is 9.96. The van der Waals surface area contributed by atoms with Crippen molar-refractivity contribution in [1.29, 1.82) is 0 Å². The van der Waals surface area contributed by atoms with E-state index in [-0.39, 0.29) is 17.6 Å². The second-order valence-electron chi connectivity index (χ2n) is 7.82. The summed E-state index contributed by atoms with van der Waals surface area (Å²) in [4.78, 5) is 38.2. The molecule has 1 saturated heterocycles. The van der Waals surface area contributed by atoms with E-state index < -0.39 is 17.7 Å². The summed E-state index contributed by atoms with van der Waals surface area (Å²) in [5.41, 5.74) is -0.0809. The number of nitrogens with one attached hydrogen (secondary N) is 1. The van der Waals surface area contributed by atoms with Crippen LogP contribution in [-0.2, 0) is 9.53 Å². The number of ether oxygens (including phenoxy) is 1. The van der Waals surface area contributed by atoms with Crippen LogP contribution < -0.4 is 10.2 Å². The summed E-state index contributed by atoms with van der Waals surface area (Å²) in [5.74, 6) is -2.01. The number of hydrogen-bond acceptors (Lipinski definition) is 6. The van der Waals surface area contributed by atoms with Gasteiger partial charge in [-0.25, -0.2) is 14.5 Å². The van der Waals surface area contributed by atoms with E-state index in [0.29, 0.717) is 42.6 Å². The topological polar surface area (TPSA) is 109 Å². The summed E-state index contributed by atoms with van der Waals surface area (Å²) in [7, 11) is 0. The smallest absolute Gasteiger partial charge is 0.421 e. The minimum absolute atomic E-state index is 0.208. The Morgan fingerprint density at radius 3 is 2.46 bits per heavy atom. The largest absolute Gasteiger partial charge is 0.475 e. The van der Waals surface area contributed by atoms with Gasteiger partial charge in [0.15, 0.2) is 0 Å². The molecule has 8 nitrogen and oxygen atoms in total. The number of imide groups is 1. The summed E-state index contributed by atoms with van der Waals surface area (Å²) in [5, 5.41) is 12.8. The van der Waals surface area contributed by atoms with Crippen LogP contribution in [0, 0.1) is 5.92 Å². The minimum Gasteiger partial charge on any atom is -0.475 e. The molecule has 2 heterocycles. The van der Waals surface area contributed by atoms with Crippen LogP contribution in [0.4, 0.5) is 10.5 Å². The third-order valence-corrected chi connectivity index (χ3v) is 4.45. The van der Waals surface area contributed by atoms with Crippen LogP contribution in [0.15, 0.2) is 28.7 Å². The number of carboxylic acids is 1. The van der Waals surface area contributed by atoms with Gasteiger partial charge in [0.05, 0.1) is 5.69 Å². The highest BCUT2D eigenvalue weighted by Crippen LogP contribution is 2.29. The number of carbonyl (C=O) groups excluding carboxylic acids is 2. The molecular weight excluding hydrogens is 364 g/mol. The third-order valence-electron chi connectivity index (χ3n) is 4.45. The number of benzene rings is 1. The minimum atomic E-state index is -1.19. The number of nitrogens with zero attached hydrogens (tertiary/aromatic N) is 1. The summed E-state index contributed by atoms with van der Waals surface area (Å²) in [6, 6.07) is 6.03. The van der Waals surface area contributed by atoms with Gasteiger partial charge in [0.2, 0.25) is 11.7 Å². The van der Waals surface area contributed by atoms with Gasteiger partial charge in [0.25, 0.3) is 0 Å². The van der Waals surface area contributed by atoms with E-state index in [1.165, 1.54) is 6.07 Å². The number of piperidine rings is 1. The van der Waals surface area contributed by atoms with Gasteiger partial charge in [-0.1, -0.05) is 0 Å². The van der Waals surface area contributed by atoms with Gasteiger partial charge >= 0.3 is 12.1 Å². The van der Waals surface area contributed by atoms with Crippen molar-refractivity contribution in [2.45, 2.75) is 39.2 Å². The van der Waals surface area contributed by atoms with E-state index in [4.69, 9.17) is 14.3 Å². The van der Waals surface area contributed by atoms with E-state index >= 15 is 0 Å². The van der Waals surface area contributed by atoms with Crippen LogP contribution in [0.2, 0.25) is 0 Å². The van der Waals surface area contributed by atoms with Crippen LogP contribution in [0.5, 0.6) is 0 Å². The van der Waals surface area contributed by atoms with Gasteiger partial charge in [0, 0.05) is 11.3 Å². The van der Waals surface area contributed by atoms with Crippen molar-refractivity contribution in [3.05, 3.63) is 30.0 Å². The van der Waals surface area contributed by atoms with Gasteiger partial charge in [-0.2, -0.15) is 0 Å². The molecule has 150 valence electrons. The lowest BCUT2D eigenvalue weighted by Gasteiger charge is -2.30. The van der Waals surface area contributed by atoms with E-state index in [1.54, 1.807) is 39.0 Å². The van der Waals surface area contributed by atoms with E-state index in [9.17, 15) is 14.4 Å². The molecule has 0 aliphatic carbocycles. The Bertz CT molecular complexity index is 905. The molecule has 0 saturated carbocycles. The van der Waals surface area contributed by atoms with Gasteiger partial charge in [-0.15, -0.1) is 0 Å². The molecule has 2 N–H and O–H groups in total. The maximum atomic E-state index is 13.2. The molecule has 1 aromatic carbocycles. The summed E-state index contributed by atoms with van der Waals surface area (Å²) >= 11 is 0. The molecule has 2 amide bonds. The monoisotopic (exact) mass is 388 g/mol. The molecule has 3 rings (SSSR count). The number of carboxylic acid groups (broad SMARTS) is 1. The number of anilines is 1. The molecule has 0 spiro atoms. The Labute approximate surface area is 162 Å². The quantitative estimate of drug-likeness (QED) is 0.829.